The molecule has 1 rings (SSSR count). The zero-order valence-corrected chi connectivity index (χ0v) is 14.8. The van der Waals surface area contributed by atoms with E-state index in [-0.39, 0.29) is 5.70 Å². The molecule has 132 valence electrons. The molecule has 2 N–H and O–H groups in total. The molecule has 0 aliphatic carbocycles. The Morgan fingerprint density at radius 2 is 2.00 bits per heavy atom. The Balaban J connectivity index is 3.20. The number of carbonyl (C=O) groups is 2. The summed E-state index contributed by atoms with van der Waals surface area (Å²) in [5, 5.41) is 11.7. The number of ether oxygens (including phenoxy) is 2. The Kier molecular flexibility index (Phi) is 8.12. The van der Waals surface area contributed by atoms with Crippen LogP contribution >= 0.6 is 11.6 Å². The first-order valence-corrected chi connectivity index (χ1v) is 8.08. The van der Waals surface area contributed by atoms with Crippen LogP contribution in [0.15, 0.2) is 17.8 Å². The van der Waals surface area contributed by atoms with E-state index in [9.17, 15) is 9.59 Å². The molecule has 0 saturated carbocycles. The minimum atomic E-state index is -1.25. The molecule has 0 radical (unpaired) electrons. The third-order valence-corrected chi connectivity index (χ3v) is 3.21. The van der Waals surface area contributed by atoms with Crippen molar-refractivity contribution in [2.24, 2.45) is 0 Å². The second kappa shape index (κ2) is 9.82. The van der Waals surface area contributed by atoms with Gasteiger partial charge in [0, 0.05) is 6.92 Å². The maximum Gasteiger partial charge on any atom is 0.352 e. The van der Waals surface area contributed by atoms with Crippen LogP contribution in [0.3, 0.4) is 0 Å². The number of carbonyl (C=O) groups excluding carboxylic acids is 1. The van der Waals surface area contributed by atoms with Crippen LogP contribution in [0.5, 0.6) is 11.5 Å². The van der Waals surface area contributed by atoms with Gasteiger partial charge in [-0.3, -0.25) is 4.79 Å². The standard InChI is InChI=1S/C17H22ClNO5/c1-4-6-7-24-16-13(18)8-12(10-15(16)23-5-2)9-14(17(21)22)19-11(3)20/h8-10H,4-7H2,1-3H3,(H,19,20)(H,21,22). The van der Waals surface area contributed by atoms with Gasteiger partial charge in [-0.15, -0.1) is 0 Å². The van der Waals surface area contributed by atoms with Crippen molar-refractivity contribution < 1.29 is 24.2 Å². The molecule has 0 aliphatic rings. The van der Waals surface area contributed by atoms with Gasteiger partial charge in [-0.05, 0) is 37.1 Å². The van der Waals surface area contributed by atoms with Gasteiger partial charge in [0.15, 0.2) is 11.5 Å². The average molecular weight is 356 g/mol. The van der Waals surface area contributed by atoms with Gasteiger partial charge in [0.25, 0.3) is 0 Å². The van der Waals surface area contributed by atoms with Crippen molar-refractivity contribution in [2.45, 2.75) is 33.6 Å². The fraction of sp³-hybridized carbons (Fsp3) is 0.412. The predicted octanol–water partition coefficient (Wildman–Crippen LogP) is 3.48. The summed E-state index contributed by atoms with van der Waals surface area (Å²) in [6, 6.07) is 3.19. The summed E-state index contributed by atoms with van der Waals surface area (Å²) in [6.45, 7) is 6.03. The summed E-state index contributed by atoms with van der Waals surface area (Å²) >= 11 is 6.25. The molecule has 7 heteroatoms. The van der Waals surface area contributed by atoms with Gasteiger partial charge in [0.2, 0.25) is 5.91 Å². The van der Waals surface area contributed by atoms with Crippen molar-refractivity contribution in [3.8, 4) is 11.5 Å². The highest BCUT2D eigenvalue weighted by atomic mass is 35.5. The quantitative estimate of drug-likeness (QED) is 0.523. The lowest BCUT2D eigenvalue weighted by Crippen LogP contribution is -2.24. The third-order valence-electron chi connectivity index (χ3n) is 2.93. The van der Waals surface area contributed by atoms with E-state index in [4.69, 9.17) is 26.2 Å². The molecule has 0 fully saturated rings. The van der Waals surface area contributed by atoms with Crippen molar-refractivity contribution in [1.29, 1.82) is 0 Å². The van der Waals surface area contributed by atoms with E-state index in [0.29, 0.717) is 35.3 Å². The van der Waals surface area contributed by atoms with Gasteiger partial charge >= 0.3 is 5.97 Å². The summed E-state index contributed by atoms with van der Waals surface area (Å²) < 4.78 is 11.2. The van der Waals surface area contributed by atoms with E-state index >= 15 is 0 Å². The molecule has 0 saturated heterocycles. The lowest BCUT2D eigenvalue weighted by atomic mass is 10.1. The second-order valence-corrected chi connectivity index (χ2v) is 5.42. The van der Waals surface area contributed by atoms with Crippen LogP contribution in [-0.4, -0.2) is 30.2 Å². The topological polar surface area (TPSA) is 84.9 Å². The Morgan fingerprint density at radius 3 is 2.54 bits per heavy atom. The zero-order chi connectivity index (χ0) is 18.1. The Bertz CT molecular complexity index is 628. The van der Waals surface area contributed by atoms with Crippen molar-refractivity contribution in [2.75, 3.05) is 13.2 Å². The molecular formula is C17H22ClNO5. The Morgan fingerprint density at radius 1 is 1.29 bits per heavy atom. The fourth-order valence-electron chi connectivity index (χ4n) is 1.90. The summed E-state index contributed by atoms with van der Waals surface area (Å²) in [6.07, 6.45) is 3.18. The molecule has 1 aromatic rings. The lowest BCUT2D eigenvalue weighted by molar-refractivity contribution is -0.134. The number of hydrogen-bond donors (Lipinski definition) is 2. The summed E-state index contributed by atoms with van der Waals surface area (Å²) in [7, 11) is 0. The highest BCUT2D eigenvalue weighted by Crippen LogP contribution is 2.37. The highest BCUT2D eigenvalue weighted by Gasteiger charge is 2.14. The molecule has 1 aromatic carbocycles. The van der Waals surface area contributed by atoms with Crippen LogP contribution in [0, 0.1) is 0 Å². The first-order chi connectivity index (χ1) is 11.4. The number of unbranched alkanes of at least 4 members (excludes halogenated alkanes) is 1. The number of benzene rings is 1. The van der Waals surface area contributed by atoms with E-state index < -0.39 is 11.9 Å². The van der Waals surface area contributed by atoms with Gasteiger partial charge in [0.1, 0.15) is 5.70 Å². The SMILES string of the molecule is CCCCOc1c(Cl)cc(C=C(NC(C)=O)C(=O)O)cc1OCC. The largest absolute Gasteiger partial charge is 0.490 e. The van der Waals surface area contributed by atoms with Crippen LogP contribution in [0.25, 0.3) is 6.08 Å². The van der Waals surface area contributed by atoms with Crippen LogP contribution in [0.4, 0.5) is 0 Å². The van der Waals surface area contributed by atoms with Crippen LogP contribution in [-0.2, 0) is 9.59 Å². The zero-order valence-electron chi connectivity index (χ0n) is 14.0. The van der Waals surface area contributed by atoms with Gasteiger partial charge in [-0.25, -0.2) is 4.79 Å². The molecule has 0 aromatic heterocycles. The molecule has 6 nitrogen and oxygen atoms in total. The van der Waals surface area contributed by atoms with Crippen molar-refractivity contribution >= 4 is 29.6 Å². The summed E-state index contributed by atoms with van der Waals surface area (Å²) in [4.78, 5) is 22.3. The van der Waals surface area contributed by atoms with Gasteiger partial charge < -0.3 is 19.9 Å². The van der Waals surface area contributed by atoms with E-state index in [2.05, 4.69) is 12.2 Å². The first-order valence-electron chi connectivity index (χ1n) is 7.70. The van der Waals surface area contributed by atoms with Crippen LogP contribution in [0.1, 0.15) is 39.2 Å². The molecule has 1 amide bonds. The fourth-order valence-corrected chi connectivity index (χ4v) is 2.17. The number of carboxylic acid groups (broad SMARTS) is 1. The molecule has 0 bridgehead atoms. The van der Waals surface area contributed by atoms with Gasteiger partial charge in [-0.2, -0.15) is 0 Å². The van der Waals surface area contributed by atoms with E-state index in [1.165, 1.54) is 13.0 Å². The van der Waals surface area contributed by atoms with E-state index in [1.807, 2.05) is 6.92 Å². The molecule has 0 unspecified atom stereocenters. The number of rotatable bonds is 9. The summed E-state index contributed by atoms with van der Waals surface area (Å²) in [5.74, 6) is -0.859. The van der Waals surface area contributed by atoms with Crippen LogP contribution < -0.4 is 14.8 Å². The van der Waals surface area contributed by atoms with Crippen molar-refractivity contribution in [3.63, 3.8) is 0 Å². The van der Waals surface area contributed by atoms with Crippen molar-refractivity contribution in [1.82, 2.24) is 5.32 Å². The molecule has 0 atom stereocenters. The number of nitrogens with one attached hydrogen (secondary N) is 1. The molecule has 24 heavy (non-hydrogen) atoms. The molecule has 0 heterocycles. The number of amides is 1. The Hall–Kier alpha value is -2.21. The van der Waals surface area contributed by atoms with Gasteiger partial charge in [0.05, 0.1) is 18.2 Å². The number of halogens is 1. The lowest BCUT2D eigenvalue weighted by Gasteiger charge is -2.14. The monoisotopic (exact) mass is 355 g/mol. The Labute approximate surface area is 146 Å². The number of hydrogen-bond acceptors (Lipinski definition) is 4. The van der Waals surface area contributed by atoms with Crippen LogP contribution in [0.2, 0.25) is 5.02 Å². The third kappa shape index (κ3) is 6.12. The first kappa shape index (κ1) is 19.8. The molecular weight excluding hydrogens is 334 g/mol. The highest BCUT2D eigenvalue weighted by molar-refractivity contribution is 6.32. The minimum absolute atomic E-state index is 0.249. The average Bonchev–Trinajstić information content (AvgIpc) is 2.49. The minimum Gasteiger partial charge on any atom is -0.490 e. The smallest absolute Gasteiger partial charge is 0.352 e. The molecule has 0 spiro atoms. The molecule has 0 aliphatic heterocycles. The van der Waals surface area contributed by atoms with E-state index in [1.54, 1.807) is 12.1 Å². The maximum atomic E-state index is 11.2. The predicted molar refractivity (Wildman–Crippen MR) is 92.5 cm³/mol. The normalized spacial score (nSPS) is 11.1. The maximum absolute atomic E-state index is 11.2. The van der Waals surface area contributed by atoms with Gasteiger partial charge in [-0.1, -0.05) is 24.9 Å². The number of carboxylic acids is 1. The second-order valence-electron chi connectivity index (χ2n) is 5.01. The number of aliphatic carboxylic acids is 1. The van der Waals surface area contributed by atoms with Crippen molar-refractivity contribution in [3.05, 3.63) is 28.4 Å². The van der Waals surface area contributed by atoms with E-state index in [0.717, 1.165) is 12.8 Å². The summed E-state index contributed by atoms with van der Waals surface area (Å²) in [5.41, 5.74) is 0.234.